The van der Waals surface area contributed by atoms with Gasteiger partial charge in [0.25, 0.3) is 11.8 Å². The number of ether oxygens (including phenoxy) is 1. The van der Waals surface area contributed by atoms with E-state index in [2.05, 4.69) is 25.9 Å². The summed E-state index contributed by atoms with van der Waals surface area (Å²) >= 11 is 5.90. The number of hydrazone groups is 1. The minimum absolute atomic E-state index is 0.0288. The van der Waals surface area contributed by atoms with Crippen molar-refractivity contribution in [3.8, 4) is 5.75 Å². The number of carbonyl (C=O) groups excluding carboxylic acids is 2. The molecule has 0 aromatic heterocycles. The molecule has 0 N–H and O–H groups in total. The van der Waals surface area contributed by atoms with E-state index in [1.54, 1.807) is 44.2 Å². The van der Waals surface area contributed by atoms with E-state index in [0.717, 1.165) is 10.6 Å². The number of benzene rings is 2. The molecule has 2 amide bonds. The highest BCUT2D eigenvalue weighted by Crippen LogP contribution is 2.25. The average Bonchev–Trinajstić information content (AvgIpc) is 2.97. The minimum atomic E-state index is -0.860. The fourth-order valence-corrected chi connectivity index (χ4v) is 3.15. The highest BCUT2D eigenvalue weighted by Gasteiger charge is 2.35. The molecule has 2 aromatic rings. The number of halogens is 1. The number of hydrogen-bond acceptors (Lipinski definition) is 4. The maximum atomic E-state index is 12.8. The highest BCUT2D eigenvalue weighted by molar-refractivity contribution is 6.31. The lowest BCUT2D eigenvalue weighted by Gasteiger charge is -2.20. The Labute approximate surface area is 182 Å². The Morgan fingerprint density at radius 1 is 1.10 bits per heavy atom. The standard InChI is InChI=1S/C24H25ClN2O3/c1-15-21(14-17-6-10-19(25)11-7-17)23(29)27(26-15)22(28)16(2)30-20-12-8-18(9-13-20)24(3,4)5/h6-14,16H,1-5H3/b21-14-. The maximum absolute atomic E-state index is 12.8. The van der Waals surface area contributed by atoms with Gasteiger partial charge in [0.2, 0.25) is 0 Å². The second kappa shape index (κ2) is 8.44. The van der Waals surface area contributed by atoms with Crippen molar-refractivity contribution in [3.63, 3.8) is 0 Å². The van der Waals surface area contributed by atoms with Crippen molar-refractivity contribution in [2.45, 2.75) is 46.1 Å². The van der Waals surface area contributed by atoms with Gasteiger partial charge in [-0.3, -0.25) is 9.59 Å². The molecule has 1 atom stereocenters. The number of rotatable bonds is 4. The fraction of sp³-hybridized carbons (Fsp3) is 0.292. The molecular formula is C24H25ClN2O3. The summed E-state index contributed by atoms with van der Waals surface area (Å²) in [4.78, 5) is 25.6. The van der Waals surface area contributed by atoms with Crippen molar-refractivity contribution in [2.24, 2.45) is 5.10 Å². The molecule has 0 radical (unpaired) electrons. The predicted octanol–water partition coefficient (Wildman–Crippen LogP) is 5.23. The number of hydrogen-bond donors (Lipinski definition) is 0. The summed E-state index contributed by atoms with van der Waals surface area (Å²) in [5.74, 6) is -0.419. The van der Waals surface area contributed by atoms with Crippen LogP contribution in [0, 0.1) is 0 Å². The SMILES string of the molecule is CC1=NN(C(=O)C(C)Oc2ccc(C(C)(C)C)cc2)C(=O)/C1=C\c1ccc(Cl)cc1. The number of imide groups is 1. The first kappa shape index (κ1) is 21.8. The van der Waals surface area contributed by atoms with Crippen LogP contribution in [0.2, 0.25) is 5.02 Å². The minimum Gasteiger partial charge on any atom is -0.481 e. The monoisotopic (exact) mass is 424 g/mol. The van der Waals surface area contributed by atoms with Crippen LogP contribution in [0.5, 0.6) is 5.75 Å². The van der Waals surface area contributed by atoms with E-state index in [-0.39, 0.29) is 5.41 Å². The molecule has 5 nitrogen and oxygen atoms in total. The van der Waals surface area contributed by atoms with Gasteiger partial charge in [0.15, 0.2) is 6.10 Å². The third kappa shape index (κ3) is 4.79. The van der Waals surface area contributed by atoms with Gasteiger partial charge in [0.1, 0.15) is 5.75 Å². The van der Waals surface area contributed by atoms with Crippen molar-refractivity contribution in [3.05, 3.63) is 70.3 Å². The Morgan fingerprint density at radius 3 is 2.27 bits per heavy atom. The molecule has 0 spiro atoms. The number of carbonyl (C=O) groups is 2. The fourth-order valence-electron chi connectivity index (χ4n) is 3.02. The Morgan fingerprint density at radius 2 is 1.70 bits per heavy atom. The Bertz CT molecular complexity index is 1020. The lowest BCUT2D eigenvalue weighted by Crippen LogP contribution is -2.39. The molecule has 1 aliphatic heterocycles. The van der Waals surface area contributed by atoms with E-state index < -0.39 is 17.9 Å². The predicted molar refractivity (Wildman–Crippen MR) is 120 cm³/mol. The van der Waals surface area contributed by atoms with Crippen molar-refractivity contribution < 1.29 is 14.3 Å². The summed E-state index contributed by atoms with van der Waals surface area (Å²) in [6.45, 7) is 9.69. The summed E-state index contributed by atoms with van der Waals surface area (Å²) in [7, 11) is 0. The molecule has 156 valence electrons. The maximum Gasteiger partial charge on any atom is 0.290 e. The summed E-state index contributed by atoms with van der Waals surface area (Å²) in [6, 6.07) is 14.7. The van der Waals surface area contributed by atoms with E-state index in [9.17, 15) is 9.59 Å². The van der Waals surface area contributed by atoms with Crippen LogP contribution in [-0.4, -0.2) is 28.6 Å². The third-order valence-electron chi connectivity index (χ3n) is 4.83. The molecule has 6 heteroatoms. The van der Waals surface area contributed by atoms with Crippen LogP contribution < -0.4 is 4.74 Å². The first-order valence-corrected chi connectivity index (χ1v) is 10.1. The first-order chi connectivity index (χ1) is 14.1. The highest BCUT2D eigenvalue weighted by atomic mass is 35.5. The van der Waals surface area contributed by atoms with Gasteiger partial charge in [-0.05, 0) is 60.7 Å². The van der Waals surface area contributed by atoms with Crippen LogP contribution >= 0.6 is 11.6 Å². The molecule has 1 unspecified atom stereocenters. The quantitative estimate of drug-likeness (QED) is 0.631. The van der Waals surface area contributed by atoms with Gasteiger partial charge in [-0.2, -0.15) is 10.1 Å². The van der Waals surface area contributed by atoms with Gasteiger partial charge in [-0.25, -0.2) is 0 Å². The van der Waals surface area contributed by atoms with E-state index in [4.69, 9.17) is 16.3 Å². The summed E-state index contributed by atoms with van der Waals surface area (Å²) in [5.41, 5.74) is 2.84. The van der Waals surface area contributed by atoms with Crippen molar-refractivity contribution in [1.29, 1.82) is 0 Å². The molecule has 3 rings (SSSR count). The molecule has 2 aromatic carbocycles. The molecule has 0 saturated heterocycles. The molecule has 0 fully saturated rings. The van der Waals surface area contributed by atoms with Crippen LogP contribution in [0.3, 0.4) is 0 Å². The number of amides is 2. The van der Waals surface area contributed by atoms with E-state index in [1.165, 1.54) is 5.56 Å². The Kier molecular flexibility index (Phi) is 6.13. The van der Waals surface area contributed by atoms with Gasteiger partial charge < -0.3 is 4.74 Å². The summed E-state index contributed by atoms with van der Waals surface area (Å²) < 4.78 is 5.76. The van der Waals surface area contributed by atoms with Crippen LogP contribution in [0.4, 0.5) is 0 Å². The topological polar surface area (TPSA) is 59.0 Å². The van der Waals surface area contributed by atoms with Gasteiger partial charge in [0, 0.05) is 5.02 Å². The smallest absolute Gasteiger partial charge is 0.290 e. The molecule has 30 heavy (non-hydrogen) atoms. The zero-order chi connectivity index (χ0) is 22.1. The Balaban J connectivity index is 1.72. The van der Waals surface area contributed by atoms with Gasteiger partial charge in [-0.1, -0.05) is 56.6 Å². The molecule has 0 aliphatic carbocycles. The summed E-state index contributed by atoms with van der Waals surface area (Å²) in [5, 5.41) is 5.64. The number of nitrogens with zero attached hydrogens (tertiary/aromatic N) is 2. The van der Waals surface area contributed by atoms with Gasteiger partial charge in [0.05, 0.1) is 11.3 Å². The lowest BCUT2D eigenvalue weighted by atomic mass is 9.87. The largest absolute Gasteiger partial charge is 0.481 e. The lowest BCUT2D eigenvalue weighted by molar-refractivity contribution is -0.146. The van der Waals surface area contributed by atoms with Crippen LogP contribution in [0.15, 0.2) is 59.2 Å². The van der Waals surface area contributed by atoms with Crippen LogP contribution in [-0.2, 0) is 15.0 Å². The second-order valence-electron chi connectivity index (χ2n) is 8.28. The molecule has 0 saturated carbocycles. The zero-order valence-corrected chi connectivity index (χ0v) is 18.5. The Hall–Kier alpha value is -2.92. The van der Waals surface area contributed by atoms with Gasteiger partial charge >= 0.3 is 0 Å². The van der Waals surface area contributed by atoms with Gasteiger partial charge in [-0.15, -0.1) is 0 Å². The second-order valence-corrected chi connectivity index (χ2v) is 8.72. The van der Waals surface area contributed by atoms with E-state index >= 15 is 0 Å². The third-order valence-corrected chi connectivity index (χ3v) is 5.09. The zero-order valence-electron chi connectivity index (χ0n) is 17.8. The molecule has 1 heterocycles. The van der Waals surface area contributed by atoms with Crippen molar-refractivity contribution in [1.82, 2.24) is 5.01 Å². The molecular weight excluding hydrogens is 400 g/mol. The first-order valence-electron chi connectivity index (χ1n) is 9.74. The molecule has 1 aliphatic rings. The van der Waals surface area contributed by atoms with E-state index in [1.807, 2.05) is 24.3 Å². The van der Waals surface area contributed by atoms with E-state index in [0.29, 0.717) is 22.1 Å². The van der Waals surface area contributed by atoms with Crippen molar-refractivity contribution >= 4 is 35.2 Å². The normalized spacial score (nSPS) is 16.6. The molecule has 0 bridgehead atoms. The summed E-state index contributed by atoms with van der Waals surface area (Å²) in [6.07, 6.45) is 0.836. The van der Waals surface area contributed by atoms with Crippen LogP contribution in [0.25, 0.3) is 6.08 Å². The average molecular weight is 425 g/mol. The van der Waals surface area contributed by atoms with Crippen LogP contribution in [0.1, 0.15) is 45.7 Å². The van der Waals surface area contributed by atoms with Crippen molar-refractivity contribution in [2.75, 3.05) is 0 Å².